The molecule has 0 aromatic heterocycles. The lowest BCUT2D eigenvalue weighted by molar-refractivity contribution is -0.148. The first-order valence-corrected chi connectivity index (χ1v) is 2.82. The van der Waals surface area contributed by atoms with Crippen molar-refractivity contribution in [1.82, 2.24) is 0 Å². The number of hydrogen-bond donors (Lipinski definition) is 0. The highest BCUT2D eigenvalue weighted by molar-refractivity contribution is 5.74. The second-order valence-corrected chi connectivity index (χ2v) is 1.51. The normalized spacial score (nSPS) is 12.8. The number of ether oxygens (including phenoxy) is 1. The summed E-state index contributed by atoms with van der Waals surface area (Å²) in [6, 6.07) is 0. The SMILES string of the molecule is [CH2]CC(F)C(=O)OCC. The van der Waals surface area contributed by atoms with Crippen molar-refractivity contribution in [2.24, 2.45) is 0 Å². The summed E-state index contributed by atoms with van der Waals surface area (Å²) in [5.74, 6) is -0.812. The molecule has 9 heavy (non-hydrogen) atoms. The number of esters is 1. The second-order valence-electron chi connectivity index (χ2n) is 1.51. The summed E-state index contributed by atoms with van der Waals surface area (Å²) < 4.78 is 16.5. The molecule has 0 bridgehead atoms. The largest absolute Gasteiger partial charge is 0.464 e. The topological polar surface area (TPSA) is 26.3 Å². The van der Waals surface area contributed by atoms with Crippen LogP contribution in [0, 0.1) is 6.92 Å². The van der Waals surface area contributed by atoms with E-state index in [2.05, 4.69) is 11.7 Å². The number of rotatable bonds is 3. The predicted molar refractivity (Wildman–Crippen MR) is 31.5 cm³/mol. The predicted octanol–water partition coefficient (Wildman–Crippen LogP) is 1.11. The van der Waals surface area contributed by atoms with Crippen molar-refractivity contribution in [3.8, 4) is 0 Å². The van der Waals surface area contributed by atoms with Gasteiger partial charge >= 0.3 is 5.97 Å². The first kappa shape index (κ1) is 8.40. The van der Waals surface area contributed by atoms with Crippen LogP contribution in [0.3, 0.4) is 0 Å². The van der Waals surface area contributed by atoms with E-state index in [1.807, 2.05) is 0 Å². The van der Waals surface area contributed by atoms with Gasteiger partial charge in [-0.1, -0.05) is 0 Å². The zero-order chi connectivity index (χ0) is 7.28. The molecule has 0 saturated heterocycles. The van der Waals surface area contributed by atoms with Gasteiger partial charge in [0.2, 0.25) is 0 Å². The highest BCUT2D eigenvalue weighted by atomic mass is 19.1. The van der Waals surface area contributed by atoms with E-state index in [1.165, 1.54) is 0 Å². The highest BCUT2D eigenvalue weighted by Gasteiger charge is 2.14. The van der Waals surface area contributed by atoms with Gasteiger partial charge in [-0.3, -0.25) is 0 Å². The van der Waals surface area contributed by atoms with Gasteiger partial charge in [0.25, 0.3) is 0 Å². The Hall–Kier alpha value is -0.600. The zero-order valence-corrected chi connectivity index (χ0v) is 5.39. The lowest BCUT2D eigenvalue weighted by Gasteiger charge is -2.02. The molecule has 53 valence electrons. The number of alkyl halides is 1. The van der Waals surface area contributed by atoms with Gasteiger partial charge in [-0.25, -0.2) is 9.18 Å². The third kappa shape index (κ3) is 3.06. The van der Waals surface area contributed by atoms with Crippen molar-refractivity contribution in [2.45, 2.75) is 19.5 Å². The first-order chi connectivity index (χ1) is 4.22. The maximum atomic E-state index is 12.2. The van der Waals surface area contributed by atoms with Gasteiger partial charge in [-0.05, 0) is 20.3 Å². The Morgan fingerprint density at radius 1 is 1.89 bits per heavy atom. The molecular formula is C6H10FO2. The van der Waals surface area contributed by atoms with Gasteiger partial charge in [-0.15, -0.1) is 0 Å². The lowest BCUT2D eigenvalue weighted by atomic mass is 10.3. The van der Waals surface area contributed by atoms with Crippen LogP contribution in [0.25, 0.3) is 0 Å². The molecule has 0 rings (SSSR count). The maximum Gasteiger partial charge on any atom is 0.340 e. The fraction of sp³-hybridized carbons (Fsp3) is 0.667. The number of hydrogen-bond acceptors (Lipinski definition) is 2. The highest BCUT2D eigenvalue weighted by Crippen LogP contribution is 1.98. The van der Waals surface area contributed by atoms with Crippen LogP contribution in [0.4, 0.5) is 4.39 Å². The van der Waals surface area contributed by atoms with E-state index in [0.717, 1.165) is 0 Å². The third-order valence-corrected chi connectivity index (χ3v) is 0.796. The lowest BCUT2D eigenvalue weighted by Crippen LogP contribution is -2.17. The summed E-state index contributed by atoms with van der Waals surface area (Å²) in [6.07, 6.45) is -1.61. The monoisotopic (exact) mass is 133 g/mol. The molecule has 0 amide bonds. The first-order valence-electron chi connectivity index (χ1n) is 2.82. The van der Waals surface area contributed by atoms with Crippen molar-refractivity contribution < 1.29 is 13.9 Å². The Bertz CT molecular complexity index is 93.1. The Morgan fingerprint density at radius 2 is 2.44 bits per heavy atom. The molecule has 0 spiro atoms. The van der Waals surface area contributed by atoms with Crippen LogP contribution in [-0.4, -0.2) is 18.7 Å². The summed E-state index contributed by atoms with van der Waals surface area (Å²) in [4.78, 5) is 10.3. The fourth-order valence-corrected chi connectivity index (χ4v) is 0.351. The number of carbonyl (C=O) groups excluding carboxylic acids is 1. The van der Waals surface area contributed by atoms with Crippen LogP contribution in [0.1, 0.15) is 13.3 Å². The number of halogens is 1. The molecule has 1 atom stereocenters. The molecule has 0 aromatic rings. The summed E-state index contributed by atoms with van der Waals surface area (Å²) in [7, 11) is 0. The minimum absolute atomic E-state index is 0.0567. The van der Waals surface area contributed by atoms with Crippen LogP contribution in [-0.2, 0) is 9.53 Å². The average molecular weight is 133 g/mol. The molecule has 0 heterocycles. The Morgan fingerprint density at radius 3 is 2.78 bits per heavy atom. The Kier molecular flexibility index (Phi) is 4.01. The third-order valence-electron chi connectivity index (χ3n) is 0.796. The van der Waals surface area contributed by atoms with Crippen molar-refractivity contribution in [3.05, 3.63) is 6.92 Å². The van der Waals surface area contributed by atoms with Gasteiger partial charge < -0.3 is 4.74 Å². The van der Waals surface area contributed by atoms with E-state index < -0.39 is 12.1 Å². The molecule has 2 nitrogen and oxygen atoms in total. The van der Waals surface area contributed by atoms with Gasteiger partial charge in [0, 0.05) is 0 Å². The molecule has 0 aliphatic heterocycles. The Balaban J connectivity index is 3.46. The summed E-state index contributed by atoms with van der Waals surface area (Å²) in [5, 5.41) is 0. The van der Waals surface area contributed by atoms with Gasteiger partial charge in [-0.2, -0.15) is 0 Å². The minimum atomic E-state index is -1.55. The van der Waals surface area contributed by atoms with Crippen molar-refractivity contribution >= 4 is 5.97 Å². The number of carbonyl (C=O) groups is 1. The van der Waals surface area contributed by atoms with Crippen molar-refractivity contribution in [3.63, 3.8) is 0 Å². The van der Waals surface area contributed by atoms with E-state index in [-0.39, 0.29) is 13.0 Å². The standard InChI is InChI=1S/C6H10FO2/c1-3-5(7)6(8)9-4-2/h5H,1,3-4H2,2H3. The maximum absolute atomic E-state index is 12.2. The van der Waals surface area contributed by atoms with Crippen LogP contribution < -0.4 is 0 Å². The quantitative estimate of drug-likeness (QED) is 0.539. The Labute approximate surface area is 54.0 Å². The fourth-order valence-electron chi connectivity index (χ4n) is 0.351. The van der Waals surface area contributed by atoms with Crippen LogP contribution in [0.5, 0.6) is 0 Å². The van der Waals surface area contributed by atoms with Crippen molar-refractivity contribution in [2.75, 3.05) is 6.61 Å². The molecule has 0 N–H and O–H groups in total. The molecule has 0 fully saturated rings. The molecule has 0 aromatic carbocycles. The van der Waals surface area contributed by atoms with Gasteiger partial charge in [0.05, 0.1) is 6.61 Å². The van der Waals surface area contributed by atoms with E-state index >= 15 is 0 Å². The molecule has 0 saturated carbocycles. The van der Waals surface area contributed by atoms with E-state index in [0.29, 0.717) is 0 Å². The van der Waals surface area contributed by atoms with E-state index in [9.17, 15) is 9.18 Å². The summed E-state index contributed by atoms with van der Waals surface area (Å²) in [6.45, 7) is 5.07. The molecular weight excluding hydrogens is 123 g/mol. The van der Waals surface area contributed by atoms with E-state index in [4.69, 9.17) is 0 Å². The van der Waals surface area contributed by atoms with Crippen LogP contribution >= 0.6 is 0 Å². The van der Waals surface area contributed by atoms with E-state index in [1.54, 1.807) is 6.92 Å². The van der Waals surface area contributed by atoms with Crippen LogP contribution in [0.15, 0.2) is 0 Å². The summed E-state index contributed by atoms with van der Waals surface area (Å²) in [5.41, 5.74) is 0. The molecule has 1 unspecified atom stereocenters. The molecule has 3 heteroatoms. The van der Waals surface area contributed by atoms with Gasteiger partial charge in [0.1, 0.15) is 0 Å². The molecule has 0 aliphatic rings. The van der Waals surface area contributed by atoms with Gasteiger partial charge in [0.15, 0.2) is 6.17 Å². The zero-order valence-electron chi connectivity index (χ0n) is 5.39. The van der Waals surface area contributed by atoms with Crippen LogP contribution in [0.2, 0.25) is 0 Å². The summed E-state index contributed by atoms with van der Waals surface area (Å²) >= 11 is 0. The smallest absolute Gasteiger partial charge is 0.340 e. The molecule has 1 radical (unpaired) electrons. The minimum Gasteiger partial charge on any atom is -0.464 e. The molecule has 0 aliphatic carbocycles. The second kappa shape index (κ2) is 4.30. The van der Waals surface area contributed by atoms with Crippen molar-refractivity contribution in [1.29, 1.82) is 0 Å². The average Bonchev–Trinajstić information content (AvgIpc) is 1.87.